The Balaban J connectivity index is 2.02. The third-order valence-electron chi connectivity index (χ3n) is 4.31. The van der Waals surface area contributed by atoms with E-state index in [4.69, 9.17) is 0 Å². The Bertz CT molecular complexity index is 577. The summed E-state index contributed by atoms with van der Waals surface area (Å²) in [4.78, 5) is 0.304. The molecule has 0 aliphatic heterocycles. The molecule has 21 heavy (non-hydrogen) atoms. The SMILES string of the molecule is Cc1ccc(C)c(S(=O)(=O)NCC(O)C2CCCCC2)c1. The van der Waals surface area contributed by atoms with Crippen LogP contribution in [0.4, 0.5) is 0 Å². The maximum Gasteiger partial charge on any atom is 0.240 e. The molecule has 1 aromatic rings. The van der Waals surface area contributed by atoms with Gasteiger partial charge in [0, 0.05) is 6.54 Å². The highest BCUT2D eigenvalue weighted by molar-refractivity contribution is 7.89. The van der Waals surface area contributed by atoms with Crippen molar-refractivity contribution in [3.63, 3.8) is 0 Å². The number of benzene rings is 1. The monoisotopic (exact) mass is 311 g/mol. The number of sulfonamides is 1. The molecule has 0 amide bonds. The topological polar surface area (TPSA) is 66.4 Å². The van der Waals surface area contributed by atoms with Gasteiger partial charge < -0.3 is 5.11 Å². The molecule has 4 nitrogen and oxygen atoms in total. The van der Waals surface area contributed by atoms with Crippen LogP contribution in [0.5, 0.6) is 0 Å². The summed E-state index contributed by atoms with van der Waals surface area (Å²) in [6.45, 7) is 3.75. The minimum Gasteiger partial charge on any atom is -0.391 e. The maximum absolute atomic E-state index is 12.4. The fourth-order valence-corrected chi connectivity index (χ4v) is 4.33. The number of nitrogens with one attached hydrogen (secondary N) is 1. The molecule has 0 saturated heterocycles. The van der Waals surface area contributed by atoms with Crippen LogP contribution in [-0.2, 0) is 10.0 Å². The summed E-state index contributed by atoms with van der Waals surface area (Å²) in [6.07, 6.45) is 4.87. The van der Waals surface area contributed by atoms with Crippen LogP contribution in [0.2, 0.25) is 0 Å². The summed E-state index contributed by atoms with van der Waals surface area (Å²) in [5.41, 5.74) is 1.63. The van der Waals surface area contributed by atoms with Crippen LogP contribution in [0.1, 0.15) is 43.2 Å². The number of hydrogen-bond acceptors (Lipinski definition) is 3. The van der Waals surface area contributed by atoms with Gasteiger partial charge in [0.2, 0.25) is 10.0 Å². The molecule has 1 aromatic carbocycles. The van der Waals surface area contributed by atoms with Crippen LogP contribution in [0.15, 0.2) is 23.1 Å². The van der Waals surface area contributed by atoms with Crippen LogP contribution in [0.25, 0.3) is 0 Å². The zero-order chi connectivity index (χ0) is 15.5. The number of aryl methyl sites for hydroxylation is 2. The molecule has 0 heterocycles. The summed E-state index contributed by atoms with van der Waals surface area (Å²) in [6, 6.07) is 5.37. The first-order valence-electron chi connectivity index (χ1n) is 7.65. The van der Waals surface area contributed by atoms with Crippen molar-refractivity contribution in [2.24, 2.45) is 5.92 Å². The molecule has 5 heteroatoms. The van der Waals surface area contributed by atoms with Crippen molar-refractivity contribution in [1.82, 2.24) is 4.72 Å². The summed E-state index contributed by atoms with van der Waals surface area (Å²) in [5, 5.41) is 10.2. The molecule has 2 rings (SSSR count). The molecule has 1 atom stereocenters. The molecular formula is C16H25NO3S. The lowest BCUT2D eigenvalue weighted by molar-refractivity contribution is 0.0888. The first-order chi connectivity index (χ1) is 9.90. The molecule has 118 valence electrons. The fourth-order valence-electron chi connectivity index (χ4n) is 2.96. The first-order valence-corrected chi connectivity index (χ1v) is 9.13. The number of hydrogen-bond donors (Lipinski definition) is 2. The van der Waals surface area contributed by atoms with Crippen molar-refractivity contribution in [2.75, 3.05) is 6.54 Å². The Morgan fingerprint density at radius 2 is 1.90 bits per heavy atom. The Morgan fingerprint density at radius 1 is 1.24 bits per heavy atom. The summed E-state index contributed by atoms with van der Waals surface area (Å²) >= 11 is 0. The van der Waals surface area contributed by atoms with Gasteiger partial charge in [-0.3, -0.25) is 0 Å². The molecule has 0 spiro atoms. The number of aliphatic hydroxyl groups is 1. The number of rotatable bonds is 5. The van der Waals surface area contributed by atoms with E-state index < -0.39 is 16.1 Å². The molecule has 1 aliphatic carbocycles. The van der Waals surface area contributed by atoms with E-state index >= 15 is 0 Å². The van der Waals surface area contributed by atoms with Gasteiger partial charge >= 0.3 is 0 Å². The van der Waals surface area contributed by atoms with Crippen molar-refractivity contribution in [2.45, 2.75) is 57.0 Å². The molecule has 0 bridgehead atoms. The Hall–Kier alpha value is -0.910. The van der Waals surface area contributed by atoms with Crippen LogP contribution in [0.3, 0.4) is 0 Å². The lowest BCUT2D eigenvalue weighted by atomic mass is 9.85. The van der Waals surface area contributed by atoms with Crippen LogP contribution in [0, 0.1) is 19.8 Å². The third-order valence-corrected chi connectivity index (χ3v) is 5.88. The van der Waals surface area contributed by atoms with Gasteiger partial charge in [-0.2, -0.15) is 0 Å². The zero-order valence-corrected chi connectivity index (χ0v) is 13.6. The van der Waals surface area contributed by atoms with Gasteiger partial charge in [0.25, 0.3) is 0 Å². The highest BCUT2D eigenvalue weighted by Crippen LogP contribution is 2.26. The molecule has 2 N–H and O–H groups in total. The van der Waals surface area contributed by atoms with Gasteiger partial charge in [0.1, 0.15) is 0 Å². The summed E-state index contributed by atoms with van der Waals surface area (Å²) in [7, 11) is -3.56. The smallest absolute Gasteiger partial charge is 0.240 e. The van der Waals surface area contributed by atoms with Crippen molar-refractivity contribution in [3.05, 3.63) is 29.3 Å². The second-order valence-electron chi connectivity index (χ2n) is 6.09. The van der Waals surface area contributed by atoms with E-state index in [9.17, 15) is 13.5 Å². The van der Waals surface area contributed by atoms with E-state index in [-0.39, 0.29) is 12.5 Å². The predicted molar refractivity (Wildman–Crippen MR) is 83.7 cm³/mol. The van der Waals surface area contributed by atoms with Gasteiger partial charge in [0.05, 0.1) is 11.0 Å². The molecule has 0 radical (unpaired) electrons. The standard InChI is InChI=1S/C16H25NO3S/c1-12-8-9-13(2)16(10-12)21(19,20)17-11-15(18)14-6-4-3-5-7-14/h8-10,14-15,17-18H,3-7,11H2,1-2H3. The Kier molecular flexibility index (Phi) is 5.41. The maximum atomic E-state index is 12.4. The molecule has 1 unspecified atom stereocenters. The molecule has 0 aromatic heterocycles. The van der Waals surface area contributed by atoms with E-state index in [1.807, 2.05) is 19.1 Å². The summed E-state index contributed by atoms with van der Waals surface area (Å²) < 4.78 is 27.3. The van der Waals surface area contributed by atoms with Crippen LogP contribution >= 0.6 is 0 Å². The first kappa shape index (κ1) is 16.5. The van der Waals surface area contributed by atoms with Gasteiger partial charge in [-0.05, 0) is 49.8 Å². The zero-order valence-electron chi connectivity index (χ0n) is 12.8. The second kappa shape index (κ2) is 6.90. The van der Waals surface area contributed by atoms with Crippen molar-refractivity contribution >= 4 is 10.0 Å². The van der Waals surface area contributed by atoms with E-state index in [2.05, 4.69) is 4.72 Å². The largest absolute Gasteiger partial charge is 0.391 e. The molecule has 1 saturated carbocycles. The predicted octanol–water partition coefficient (Wildman–Crippen LogP) is 2.52. The molecule has 1 fully saturated rings. The number of aliphatic hydroxyl groups excluding tert-OH is 1. The van der Waals surface area contributed by atoms with Crippen molar-refractivity contribution in [3.8, 4) is 0 Å². The minimum atomic E-state index is -3.56. The second-order valence-corrected chi connectivity index (χ2v) is 7.82. The van der Waals surface area contributed by atoms with Crippen molar-refractivity contribution in [1.29, 1.82) is 0 Å². The molecule has 1 aliphatic rings. The quantitative estimate of drug-likeness (QED) is 0.878. The third kappa shape index (κ3) is 4.28. The van der Waals surface area contributed by atoms with E-state index in [0.717, 1.165) is 36.8 Å². The lowest BCUT2D eigenvalue weighted by Gasteiger charge is -2.26. The lowest BCUT2D eigenvalue weighted by Crippen LogP contribution is -2.37. The highest BCUT2D eigenvalue weighted by Gasteiger charge is 2.24. The van der Waals surface area contributed by atoms with Crippen LogP contribution < -0.4 is 4.72 Å². The van der Waals surface area contributed by atoms with Crippen molar-refractivity contribution < 1.29 is 13.5 Å². The minimum absolute atomic E-state index is 0.0976. The van der Waals surface area contributed by atoms with E-state index in [0.29, 0.717) is 4.90 Å². The normalized spacial score (nSPS) is 18.6. The van der Waals surface area contributed by atoms with Gasteiger partial charge in [-0.1, -0.05) is 31.4 Å². The molecular weight excluding hydrogens is 286 g/mol. The average molecular weight is 311 g/mol. The van der Waals surface area contributed by atoms with Gasteiger partial charge in [-0.25, -0.2) is 13.1 Å². The van der Waals surface area contributed by atoms with E-state index in [1.165, 1.54) is 6.42 Å². The Labute approximate surface area is 127 Å². The van der Waals surface area contributed by atoms with Gasteiger partial charge in [0.15, 0.2) is 0 Å². The van der Waals surface area contributed by atoms with Gasteiger partial charge in [-0.15, -0.1) is 0 Å². The Morgan fingerprint density at radius 3 is 2.57 bits per heavy atom. The fraction of sp³-hybridized carbons (Fsp3) is 0.625. The highest BCUT2D eigenvalue weighted by atomic mass is 32.2. The summed E-state index contributed by atoms with van der Waals surface area (Å²) in [5.74, 6) is 0.222. The average Bonchev–Trinajstić information content (AvgIpc) is 2.48. The van der Waals surface area contributed by atoms with E-state index in [1.54, 1.807) is 13.0 Å². The van der Waals surface area contributed by atoms with Crippen LogP contribution in [-0.4, -0.2) is 26.2 Å².